The third-order valence-corrected chi connectivity index (χ3v) is 3.40. The van der Waals surface area contributed by atoms with Gasteiger partial charge in [-0.1, -0.05) is 18.2 Å². The smallest absolute Gasteiger partial charge is 0.270 e. The zero-order chi connectivity index (χ0) is 16.1. The molecule has 22 heavy (non-hydrogen) atoms. The molecule has 0 aliphatic rings. The third kappa shape index (κ3) is 3.85. The van der Waals surface area contributed by atoms with Crippen molar-refractivity contribution < 1.29 is 9.53 Å². The Kier molecular flexibility index (Phi) is 5.15. The average molecular weight is 298 g/mol. The van der Waals surface area contributed by atoms with Crippen LogP contribution in [-0.4, -0.2) is 23.1 Å². The Morgan fingerprint density at radius 2 is 1.95 bits per heavy atom. The van der Waals surface area contributed by atoms with Gasteiger partial charge in [-0.15, -0.1) is 0 Å². The number of aromatic nitrogens is 1. The molecule has 4 nitrogen and oxygen atoms in total. The molecule has 1 aromatic carbocycles. The molecule has 0 N–H and O–H groups in total. The summed E-state index contributed by atoms with van der Waals surface area (Å²) in [6.45, 7) is 7.96. The lowest BCUT2D eigenvalue weighted by atomic mass is 10.1. The van der Waals surface area contributed by atoms with Crippen LogP contribution in [0.25, 0.3) is 0 Å². The zero-order valence-corrected chi connectivity index (χ0v) is 13.5. The van der Waals surface area contributed by atoms with Gasteiger partial charge in [-0.25, -0.2) is 0 Å². The van der Waals surface area contributed by atoms with Crippen molar-refractivity contribution in [2.45, 2.75) is 33.7 Å². The number of pyridine rings is 1. The van der Waals surface area contributed by atoms with Gasteiger partial charge in [0.2, 0.25) is 0 Å². The Morgan fingerprint density at radius 3 is 2.68 bits per heavy atom. The monoisotopic (exact) mass is 298 g/mol. The molecule has 1 aromatic heterocycles. The Balaban J connectivity index is 2.19. The molecule has 0 radical (unpaired) electrons. The number of carbonyl (C=O) groups is 1. The highest BCUT2D eigenvalue weighted by atomic mass is 16.5. The fourth-order valence-electron chi connectivity index (χ4n) is 2.10. The van der Waals surface area contributed by atoms with Crippen LogP contribution < -0.4 is 10.2 Å². The van der Waals surface area contributed by atoms with Gasteiger partial charge in [0.05, 0.1) is 0 Å². The summed E-state index contributed by atoms with van der Waals surface area (Å²) in [5, 5.41) is 0. The summed E-state index contributed by atoms with van der Waals surface area (Å²) in [6, 6.07) is 11.5. The summed E-state index contributed by atoms with van der Waals surface area (Å²) < 4.78 is 7.21. The van der Waals surface area contributed by atoms with Gasteiger partial charge in [0.25, 0.3) is 5.91 Å². The second-order valence-corrected chi connectivity index (χ2v) is 5.53. The summed E-state index contributed by atoms with van der Waals surface area (Å²) in [5.74, 6) is 0.605. The molecule has 0 saturated heterocycles. The molecule has 0 aliphatic carbocycles. The first-order chi connectivity index (χ1) is 10.5. The number of aryl methyl sites for hydroxylation is 1. The van der Waals surface area contributed by atoms with Crippen molar-refractivity contribution in [1.29, 1.82) is 0 Å². The minimum absolute atomic E-state index is 0.0143. The molecule has 0 spiro atoms. The van der Waals surface area contributed by atoms with Crippen molar-refractivity contribution in [3.05, 3.63) is 59.2 Å². The predicted molar refractivity (Wildman–Crippen MR) is 87.2 cm³/mol. The van der Waals surface area contributed by atoms with Crippen LogP contribution in [0.2, 0.25) is 0 Å². The van der Waals surface area contributed by atoms with Crippen molar-refractivity contribution in [1.82, 2.24) is 4.57 Å². The van der Waals surface area contributed by atoms with Gasteiger partial charge in [0.1, 0.15) is 11.2 Å². The van der Waals surface area contributed by atoms with Crippen molar-refractivity contribution in [3.63, 3.8) is 0 Å². The minimum Gasteiger partial charge on any atom is -0.483 e. The van der Waals surface area contributed by atoms with Gasteiger partial charge in [-0.05, 0) is 57.0 Å². The first-order valence-electron chi connectivity index (χ1n) is 7.43. The van der Waals surface area contributed by atoms with E-state index in [-0.39, 0.29) is 18.6 Å². The Morgan fingerprint density at radius 1 is 1.18 bits per heavy atom. The number of carbonyl (C=O) groups excluding carboxylic acids is 1. The first kappa shape index (κ1) is 16.0. The summed E-state index contributed by atoms with van der Waals surface area (Å²) in [6.07, 6.45) is 1.72. The minimum atomic E-state index is -0.138. The van der Waals surface area contributed by atoms with Gasteiger partial charge < -0.3 is 4.74 Å². The number of nitrogens with zero attached hydrogens (tertiary/aromatic N) is 2. The van der Waals surface area contributed by atoms with E-state index in [4.69, 9.17) is 4.74 Å². The molecule has 0 unspecified atom stereocenters. The number of rotatable bonds is 4. The van der Waals surface area contributed by atoms with Crippen LogP contribution in [-0.2, 0) is 0 Å². The van der Waals surface area contributed by atoms with E-state index in [1.165, 1.54) is 4.57 Å². The van der Waals surface area contributed by atoms with Crippen LogP contribution in [0.15, 0.2) is 47.6 Å². The SMILES string of the molecule is Cc1cccc(OCC(=O)n2ccccc2=NC(C)C)c1C. The zero-order valence-electron chi connectivity index (χ0n) is 13.5. The quantitative estimate of drug-likeness (QED) is 0.870. The maximum absolute atomic E-state index is 12.4. The maximum Gasteiger partial charge on any atom is 0.270 e. The van der Waals surface area contributed by atoms with Crippen molar-refractivity contribution >= 4 is 5.91 Å². The summed E-state index contributed by atoms with van der Waals surface area (Å²) >= 11 is 0. The Labute approximate surface area is 131 Å². The van der Waals surface area contributed by atoms with Crippen LogP contribution in [0, 0.1) is 13.8 Å². The van der Waals surface area contributed by atoms with Crippen molar-refractivity contribution in [2.24, 2.45) is 4.99 Å². The summed E-state index contributed by atoms with van der Waals surface area (Å²) in [5.41, 5.74) is 2.85. The van der Waals surface area contributed by atoms with E-state index >= 15 is 0 Å². The molecule has 0 bridgehead atoms. The normalized spacial score (nSPS) is 11.8. The maximum atomic E-state index is 12.4. The highest BCUT2D eigenvalue weighted by Gasteiger charge is 2.08. The van der Waals surface area contributed by atoms with E-state index in [1.807, 2.05) is 64.1 Å². The van der Waals surface area contributed by atoms with Crippen LogP contribution >= 0.6 is 0 Å². The molecule has 0 atom stereocenters. The van der Waals surface area contributed by atoms with E-state index in [1.54, 1.807) is 6.20 Å². The van der Waals surface area contributed by atoms with Crippen LogP contribution in [0.4, 0.5) is 0 Å². The lowest BCUT2D eigenvalue weighted by molar-refractivity contribution is 0.0831. The van der Waals surface area contributed by atoms with Crippen molar-refractivity contribution in [3.8, 4) is 5.75 Å². The molecule has 0 fully saturated rings. The second-order valence-electron chi connectivity index (χ2n) is 5.53. The van der Waals surface area contributed by atoms with Crippen LogP contribution in [0.1, 0.15) is 29.8 Å². The van der Waals surface area contributed by atoms with Gasteiger partial charge in [0, 0.05) is 12.2 Å². The lowest BCUT2D eigenvalue weighted by Crippen LogP contribution is -2.31. The van der Waals surface area contributed by atoms with Crippen molar-refractivity contribution in [2.75, 3.05) is 6.61 Å². The average Bonchev–Trinajstić information content (AvgIpc) is 2.48. The molecule has 0 amide bonds. The summed E-state index contributed by atoms with van der Waals surface area (Å²) in [4.78, 5) is 16.8. The fourth-order valence-corrected chi connectivity index (χ4v) is 2.10. The fraction of sp³-hybridized carbons (Fsp3) is 0.333. The lowest BCUT2D eigenvalue weighted by Gasteiger charge is -2.11. The first-order valence-corrected chi connectivity index (χ1v) is 7.43. The predicted octanol–water partition coefficient (Wildman–Crippen LogP) is 3.13. The molecule has 2 rings (SSSR count). The van der Waals surface area contributed by atoms with Gasteiger partial charge in [-0.2, -0.15) is 0 Å². The number of ether oxygens (including phenoxy) is 1. The largest absolute Gasteiger partial charge is 0.483 e. The van der Waals surface area contributed by atoms with Gasteiger partial charge >= 0.3 is 0 Å². The van der Waals surface area contributed by atoms with E-state index in [0.717, 1.165) is 16.9 Å². The van der Waals surface area contributed by atoms with Crippen LogP contribution in [0.5, 0.6) is 5.75 Å². The van der Waals surface area contributed by atoms with Gasteiger partial charge in [-0.3, -0.25) is 14.4 Å². The van der Waals surface area contributed by atoms with E-state index in [9.17, 15) is 4.79 Å². The van der Waals surface area contributed by atoms with E-state index in [0.29, 0.717) is 5.49 Å². The number of hydrogen-bond acceptors (Lipinski definition) is 3. The molecule has 0 saturated carbocycles. The Hall–Kier alpha value is -2.36. The molecule has 4 heteroatoms. The van der Waals surface area contributed by atoms with Gasteiger partial charge in [0.15, 0.2) is 6.61 Å². The molecule has 1 heterocycles. The summed E-state index contributed by atoms with van der Waals surface area (Å²) in [7, 11) is 0. The number of benzene rings is 1. The molecule has 116 valence electrons. The Bertz CT molecular complexity index is 730. The highest BCUT2D eigenvalue weighted by molar-refractivity contribution is 5.80. The third-order valence-electron chi connectivity index (χ3n) is 3.40. The molecular weight excluding hydrogens is 276 g/mol. The van der Waals surface area contributed by atoms with E-state index < -0.39 is 0 Å². The highest BCUT2D eigenvalue weighted by Crippen LogP contribution is 2.20. The molecule has 2 aromatic rings. The molecular formula is C18H22N2O2. The molecule has 0 aliphatic heterocycles. The van der Waals surface area contributed by atoms with E-state index in [2.05, 4.69) is 4.99 Å². The standard InChI is InChI=1S/C18H22N2O2/c1-13(2)19-17-10-5-6-11-20(17)18(21)12-22-16-9-7-8-14(3)15(16)4/h5-11,13H,12H2,1-4H3. The second kappa shape index (κ2) is 7.07. The number of hydrogen-bond donors (Lipinski definition) is 0. The topological polar surface area (TPSA) is 43.6 Å². The van der Waals surface area contributed by atoms with Crippen LogP contribution in [0.3, 0.4) is 0 Å².